The summed E-state index contributed by atoms with van der Waals surface area (Å²) in [6.45, 7) is 0. The Balaban J connectivity index is 3.65. The molecule has 0 N–H and O–H groups in total. The van der Waals surface area contributed by atoms with Gasteiger partial charge in [-0.15, -0.1) is 24.8 Å². The fourth-order valence-corrected chi connectivity index (χ4v) is 2.25. The lowest BCUT2D eigenvalue weighted by Crippen LogP contribution is -2.20. The molecule has 0 spiro atoms. The van der Waals surface area contributed by atoms with Crippen LogP contribution in [0.3, 0.4) is 0 Å². The monoisotopic (exact) mass is 359 g/mol. The van der Waals surface area contributed by atoms with E-state index in [-0.39, 0.29) is 0 Å². The van der Waals surface area contributed by atoms with Gasteiger partial charge in [-0.25, -0.2) is 22.2 Å². The van der Waals surface area contributed by atoms with Crippen LogP contribution < -0.4 is 4.74 Å². The van der Waals surface area contributed by atoms with Crippen molar-refractivity contribution in [3.8, 4) is 5.75 Å². The van der Waals surface area contributed by atoms with Gasteiger partial charge >= 0.3 is 6.36 Å². The predicted molar refractivity (Wildman–Crippen MR) is 58.5 cm³/mol. The Bertz CT molecular complexity index is 605. The van der Waals surface area contributed by atoms with Gasteiger partial charge in [0.2, 0.25) is 5.03 Å². The Hall–Kier alpha value is -0.870. The summed E-state index contributed by atoms with van der Waals surface area (Å²) in [7, 11) is 0.0222. The lowest BCUT2D eigenvalue weighted by atomic mass is 10.2. The summed E-state index contributed by atoms with van der Waals surface area (Å²) in [5.41, 5.74) is -1.72. The molecule has 0 aliphatic heterocycles. The van der Waals surface area contributed by atoms with Gasteiger partial charge in [-0.3, -0.25) is 0 Å². The minimum atomic E-state index is -5.40. The van der Waals surface area contributed by atoms with Gasteiger partial charge in [-0.1, -0.05) is 0 Å². The van der Waals surface area contributed by atoms with Crippen LogP contribution in [-0.2, 0) is 14.9 Å². The van der Waals surface area contributed by atoms with E-state index in [0.717, 1.165) is 0 Å². The van der Waals surface area contributed by atoms with Crippen LogP contribution in [0.4, 0.5) is 22.0 Å². The summed E-state index contributed by atoms with van der Waals surface area (Å²) < 4.78 is 87.6. The van der Waals surface area contributed by atoms with Crippen molar-refractivity contribution in [2.24, 2.45) is 0 Å². The smallest absolute Gasteiger partial charge is 0.402 e. The lowest BCUT2D eigenvalue weighted by Gasteiger charge is -2.15. The molecule has 1 aromatic rings. The third-order valence-electron chi connectivity index (χ3n) is 1.84. The number of hydrogen-bond acceptors (Lipinski definition) is 4. The number of aromatic nitrogens is 1. The van der Waals surface area contributed by atoms with Crippen LogP contribution in [0.1, 0.15) is 17.7 Å². The molecule has 0 aliphatic rings. The van der Waals surface area contributed by atoms with Gasteiger partial charge in [0.15, 0.2) is 5.75 Å². The fourth-order valence-electron chi connectivity index (χ4n) is 1.20. The molecule has 0 aromatic carbocycles. The SMILES string of the molecule is O=S(=O)(Cl)c1nc(CCl)cc(C(F)F)c1OC(F)(F)F. The molecule has 0 unspecified atom stereocenters. The molecule has 0 saturated heterocycles. The normalized spacial score (nSPS) is 12.8. The van der Waals surface area contributed by atoms with Crippen molar-refractivity contribution in [2.45, 2.75) is 23.7 Å². The second-order valence-electron chi connectivity index (χ2n) is 3.26. The van der Waals surface area contributed by atoms with Crippen LogP contribution in [0.5, 0.6) is 5.75 Å². The van der Waals surface area contributed by atoms with E-state index in [9.17, 15) is 30.4 Å². The number of hydrogen-bond donors (Lipinski definition) is 0. The molecule has 1 aromatic heterocycles. The van der Waals surface area contributed by atoms with Crippen molar-refractivity contribution in [3.05, 3.63) is 17.3 Å². The summed E-state index contributed by atoms with van der Waals surface area (Å²) in [6.07, 6.45) is -8.85. The Morgan fingerprint density at radius 3 is 2.25 bits per heavy atom. The first-order chi connectivity index (χ1) is 8.95. The summed E-state index contributed by atoms with van der Waals surface area (Å²) in [6, 6.07) is 0.504. The van der Waals surface area contributed by atoms with Crippen LogP contribution in [0.2, 0.25) is 0 Å². The van der Waals surface area contributed by atoms with E-state index in [1.807, 2.05) is 0 Å². The quantitative estimate of drug-likeness (QED) is 0.468. The Labute approximate surface area is 118 Å². The number of ether oxygens (including phenoxy) is 1. The van der Waals surface area contributed by atoms with Crippen molar-refractivity contribution in [2.75, 3.05) is 0 Å². The van der Waals surface area contributed by atoms with E-state index in [1.165, 1.54) is 0 Å². The molecule has 1 rings (SSSR count). The van der Waals surface area contributed by atoms with Gasteiger partial charge in [0.25, 0.3) is 15.5 Å². The summed E-state index contributed by atoms with van der Waals surface area (Å²) in [5.74, 6) is -2.18. The van der Waals surface area contributed by atoms with Crippen molar-refractivity contribution < 1.29 is 35.1 Å². The lowest BCUT2D eigenvalue weighted by molar-refractivity contribution is -0.276. The van der Waals surface area contributed by atoms with Crippen LogP contribution in [0.25, 0.3) is 0 Å². The molecule has 20 heavy (non-hydrogen) atoms. The molecular formula is C8H4Cl2F5NO3S. The first kappa shape index (κ1) is 17.2. The van der Waals surface area contributed by atoms with Crippen LogP contribution in [0.15, 0.2) is 11.1 Å². The number of rotatable bonds is 4. The molecule has 0 bridgehead atoms. The van der Waals surface area contributed by atoms with Gasteiger partial charge < -0.3 is 4.74 Å². The highest BCUT2D eigenvalue weighted by Crippen LogP contribution is 2.38. The number of nitrogens with zero attached hydrogens (tertiary/aromatic N) is 1. The molecule has 114 valence electrons. The zero-order chi connectivity index (χ0) is 15.7. The minimum absolute atomic E-state index is 0.393. The van der Waals surface area contributed by atoms with E-state index in [0.29, 0.717) is 6.07 Å². The van der Waals surface area contributed by atoms with Crippen molar-refractivity contribution in [1.29, 1.82) is 0 Å². The second-order valence-corrected chi connectivity index (χ2v) is 6.01. The van der Waals surface area contributed by atoms with E-state index < -0.39 is 49.8 Å². The maximum Gasteiger partial charge on any atom is 0.573 e. The zero-order valence-corrected chi connectivity index (χ0v) is 11.4. The topological polar surface area (TPSA) is 56.3 Å². The maximum atomic E-state index is 12.7. The Morgan fingerprint density at radius 2 is 1.90 bits per heavy atom. The fraction of sp³-hybridized carbons (Fsp3) is 0.375. The van der Waals surface area contributed by atoms with Crippen LogP contribution >= 0.6 is 22.3 Å². The van der Waals surface area contributed by atoms with Gasteiger partial charge in [-0.05, 0) is 6.07 Å². The predicted octanol–water partition coefficient (Wildman–Crippen LogP) is 3.58. The van der Waals surface area contributed by atoms with Gasteiger partial charge in [-0.2, -0.15) is 0 Å². The molecule has 12 heteroatoms. The van der Waals surface area contributed by atoms with Gasteiger partial charge in [0.1, 0.15) is 0 Å². The molecule has 0 saturated carbocycles. The Kier molecular flexibility index (Phi) is 5.03. The first-order valence-electron chi connectivity index (χ1n) is 4.54. The molecule has 0 aliphatic carbocycles. The minimum Gasteiger partial charge on any atom is -0.402 e. The van der Waals surface area contributed by atoms with Crippen LogP contribution in [-0.4, -0.2) is 19.8 Å². The van der Waals surface area contributed by atoms with Crippen LogP contribution in [0, 0.1) is 0 Å². The highest BCUT2D eigenvalue weighted by atomic mass is 35.7. The van der Waals surface area contributed by atoms with Crippen molar-refractivity contribution in [3.63, 3.8) is 0 Å². The third-order valence-corrected chi connectivity index (χ3v) is 3.30. The van der Waals surface area contributed by atoms with E-state index in [4.69, 9.17) is 22.3 Å². The number of pyridine rings is 1. The molecule has 4 nitrogen and oxygen atoms in total. The van der Waals surface area contributed by atoms with E-state index >= 15 is 0 Å². The molecule has 0 atom stereocenters. The van der Waals surface area contributed by atoms with E-state index in [1.54, 1.807) is 0 Å². The Morgan fingerprint density at radius 1 is 1.35 bits per heavy atom. The summed E-state index contributed by atoms with van der Waals surface area (Å²) in [5, 5.41) is -1.47. The number of halogens is 7. The molecule has 0 amide bonds. The summed E-state index contributed by atoms with van der Waals surface area (Å²) >= 11 is 5.30. The molecule has 0 radical (unpaired) electrons. The average Bonchev–Trinajstić information content (AvgIpc) is 2.25. The molecule has 0 fully saturated rings. The third kappa shape index (κ3) is 4.32. The highest BCUT2D eigenvalue weighted by molar-refractivity contribution is 8.13. The summed E-state index contributed by atoms with van der Waals surface area (Å²) in [4.78, 5) is 3.18. The highest BCUT2D eigenvalue weighted by Gasteiger charge is 2.37. The zero-order valence-electron chi connectivity index (χ0n) is 9.09. The average molecular weight is 360 g/mol. The second kappa shape index (κ2) is 5.86. The molecule has 1 heterocycles. The van der Waals surface area contributed by atoms with E-state index in [2.05, 4.69) is 9.72 Å². The van der Waals surface area contributed by atoms with Gasteiger partial charge in [0, 0.05) is 10.7 Å². The van der Waals surface area contributed by atoms with Gasteiger partial charge in [0.05, 0.1) is 17.1 Å². The maximum absolute atomic E-state index is 12.7. The largest absolute Gasteiger partial charge is 0.573 e. The molecular weight excluding hydrogens is 356 g/mol. The van der Waals surface area contributed by atoms with Crippen molar-refractivity contribution in [1.82, 2.24) is 4.98 Å². The first-order valence-corrected chi connectivity index (χ1v) is 7.38. The standard InChI is InChI=1S/C8H4Cl2F5NO3S/c9-2-3-1-4(6(11)12)5(19-8(13,14)15)7(16-3)20(10,17)18/h1,6H,2H2. The van der Waals surface area contributed by atoms with Crippen molar-refractivity contribution >= 4 is 31.3 Å². The number of alkyl halides is 6.